The van der Waals surface area contributed by atoms with E-state index < -0.39 is 0 Å². The Kier molecular flexibility index (Phi) is 4.02. The van der Waals surface area contributed by atoms with Crippen molar-refractivity contribution in [3.63, 3.8) is 0 Å². The van der Waals surface area contributed by atoms with Crippen LogP contribution in [0.5, 0.6) is 0 Å². The molecule has 23 heavy (non-hydrogen) atoms. The minimum Gasteiger partial charge on any atom is -0.441 e. The largest absolute Gasteiger partial charge is 0.441 e. The molecule has 0 radical (unpaired) electrons. The standard InChI is InChI=1S/C18H19N3O2/c1-12-20-16-8-7-13(9-17(16)23-12)11-19-18(22)14-5-4-6-15(10-14)21(2)3/h4-10H,11H2,1-3H3,(H,19,22). The third kappa shape index (κ3) is 3.34. The molecule has 2 aromatic carbocycles. The number of oxazole rings is 1. The number of hydrogen-bond donors (Lipinski definition) is 1. The van der Waals surface area contributed by atoms with Gasteiger partial charge in [-0.15, -0.1) is 0 Å². The van der Waals surface area contributed by atoms with E-state index in [1.807, 2.05) is 68.4 Å². The SMILES string of the molecule is Cc1nc2ccc(CNC(=O)c3cccc(N(C)C)c3)cc2o1. The molecular weight excluding hydrogens is 290 g/mol. The summed E-state index contributed by atoms with van der Waals surface area (Å²) in [5, 5.41) is 2.93. The number of nitrogens with one attached hydrogen (secondary N) is 1. The third-order valence-electron chi connectivity index (χ3n) is 3.64. The number of aryl methyl sites for hydroxylation is 1. The predicted molar refractivity (Wildman–Crippen MR) is 90.7 cm³/mol. The van der Waals surface area contributed by atoms with Crippen molar-refractivity contribution in [2.45, 2.75) is 13.5 Å². The molecule has 1 amide bonds. The molecule has 0 fully saturated rings. The zero-order chi connectivity index (χ0) is 16.4. The number of carbonyl (C=O) groups is 1. The average Bonchev–Trinajstić information content (AvgIpc) is 2.91. The number of benzene rings is 2. The fraction of sp³-hybridized carbons (Fsp3) is 0.222. The van der Waals surface area contributed by atoms with Gasteiger partial charge in [0.1, 0.15) is 5.52 Å². The Bertz CT molecular complexity index is 852. The maximum Gasteiger partial charge on any atom is 0.251 e. The summed E-state index contributed by atoms with van der Waals surface area (Å²) >= 11 is 0. The minimum absolute atomic E-state index is 0.0949. The molecule has 0 aliphatic carbocycles. The number of rotatable bonds is 4. The zero-order valence-corrected chi connectivity index (χ0v) is 13.5. The lowest BCUT2D eigenvalue weighted by Crippen LogP contribution is -2.23. The third-order valence-corrected chi connectivity index (χ3v) is 3.64. The number of anilines is 1. The number of nitrogens with zero attached hydrogens (tertiary/aromatic N) is 2. The Balaban J connectivity index is 1.71. The Morgan fingerprint density at radius 3 is 2.83 bits per heavy atom. The molecule has 0 spiro atoms. The molecule has 0 bridgehead atoms. The summed E-state index contributed by atoms with van der Waals surface area (Å²) in [6.45, 7) is 2.26. The first-order chi connectivity index (χ1) is 11.0. The summed E-state index contributed by atoms with van der Waals surface area (Å²) in [6.07, 6.45) is 0. The van der Waals surface area contributed by atoms with Gasteiger partial charge < -0.3 is 14.6 Å². The van der Waals surface area contributed by atoms with E-state index in [1.165, 1.54) is 0 Å². The van der Waals surface area contributed by atoms with Gasteiger partial charge in [-0.05, 0) is 35.9 Å². The van der Waals surface area contributed by atoms with Crippen LogP contribution in [0.4, 0.5) is 5.69 Å². The number of carbonyl (C=O) groups excluding carboxylic acids is 1. The van der Waals surface area contributed by atoms with Gasteiger partial charge in [-0.2, -0.15) is 0 Å². The molecule has 5 nitrogen and oxygen atoms in total. The van der Waals surface area contributed by atoms with E-state index >= 15 is 0 Å². The molecule has 1 heterocycles. The first-order valence-electron chi connectivity index (χ1n) is 7.44. The van der Waals surface area contributed by atoms with E-state index in [2.05, 4.69) is 10.3 Å². The van der Waals surface area contributed by atoms with Crippen LogP contribution < -0.4 is 10.2 Å². The van der Waals surface area contributed by atoms with E-state index in [0.717, 1.165) is 22.4 Å². The lowest BCUT2D eigenvalue weighted by Gasteiger charge is -2.13. The summed E-state index contributed by atoms with van der Waals surface area (Å²) in [5.74, 6) is 0.546. The first kappa shape index (κ1) is 15.1. The number of aromatic nitrogens is 1. The quantitative estimate of drug-likeness (QED) is 0.804. The molecule has 0 saturated carbocycles. The van der Waals surface area contributed by atoms with E-state index in [-0.39, 0.29) is 5.91 Å². The van der Waals surface area contributed by atoms with Crippen LogP contribution in [0.25, 0.3) is 11.1 Å². The number of hydrogen-bond acceptors (Lipinski definition) is 4. The zero-order valence-electron chi connectivity index (χ0n) is 13.5. The summed E-state index contributed by atoms with van der Waals surface area (Å²) in [4.78, 5) is 18.5. The second-order valence-corrected chi connectivity index (χ2v) is 5.66. The van der Waals surface area contributed by atoms with Gasteiger partial charge in [0.25, 0.3) is 5.91 Å². The van der Waals surface area contributed by atoms with Gasteiger partial charge in [0.15, 0.2) is 11.5 Å². The van der Waals surface area contributed by atoms with Gasteiger partial charge >= 0.3 is 0 Å². The van der Waals surface area contributed by atoms with Crippen LogP contribution in [-0.2, 0) is 6.54 Å². The van der Waals surface area contributed by atoms with Crippen molar-refractivity contribution >= 4 is 22.7 Å². The molecule has 3 rings (SSSR count). The maximum absolute atomic E-state index is 12.3. The van der Waals surface area contributed by atoms with E-state index in [4.69, 9.17) is 4.42 Å². The topological polar surface area (TPSA) is 58.4 Å². The number of amides is 1. The minimum atomic E-state index is -0.0949. The number of fused-ring (bicyclic) bond motifs is 1. The average molecular weight is 309 g/mol. The summed E-state index contributed by atoms with van der Waals surface area (Å²) < 4.78 is 5.51. The molecule has 0 atom stereocenters. The van der Waals surface area contributed by atoms with Crippen molar-refractivity contribution < 1.29 is 9.21 Å². The van der Waals surface area contributed by atoms with Crippen LogP contribution in [-0.4, -0.2) is 25.0 Å². The highest BCUT2D eigenvalue weighted by atomic mass is 16.3. The molecule has 1 N–H and O–H groups in total. The summed E-state index contributed by atoms with van der Waals surface area (Å²) in [5.41, 5.74) is 4.19. The lowest BCUT2D eigenvalue weighted by atomic mass is 10.1. The Morgan fingerprint density at radius 2 is 2.04 bits per heavy atom. The highest BCUT2D eigenvalue weighted by molar-refractivity contribution is 5.95. The molecule has 0 saturated heterocycles. The first-order valence-corrected chi connectivity index (χ1v) is 7.44. The van der Waals surface area contributed by atoms with E-state index in [9.17, 15) is 4.79 Å². The maximum atomic E-state index is 12.3. The molecule has 0 aliphatic rings. The molecule has 0 aliphatic heterocycles. The van der Waals surface area contributed by atoms with Gasteiger partial charge in [-0.1, -0.05) is 12.1 Å². The molecule has 118 valence electrons. The normalized spacial score (nSPS) is 10.7. The Hall–Kier alpha value is -2.82. The fourth-order valence-electron chi connectivity index (χ4n) is 2.40. The van der Waals surface area contributed by atoms with Crippen molar-refractivity contribution in [3.8, 4) is 0 Å². The van der Waals surface area contributed by atoms with E-state index in [0.29, 0.717) is 18.0 Å². The van der Waals surface area contributed by atoms with Crippen LogP contribution in [0.3, 0.4) is 0 Å². The molecule has 5 heteroatoms. The fourth-order valence-corrected chi connectivity index (χ4v) is 2.40. The van der Waals surface area contributed by atoms with E-state index in [1.54, 1.807) is 0 Å². The van der Waals surface area contributed by atoms with Crippen molar-refractivity contribution in [3.05, 3.63) is 59.5 Å². The van der Waals surface area contributed by atoms with Gasteiger partial charge in [0.05, 0.1) is 0 Å². The van der Waals surface area contributed by atoms with Gasteiger partial charge in [-0.25, -0.2) is 4.98 Å². The summed E-state index contributed by atoms with van der Waals surface area (Å²) in [7, 11) is 3.90. The molecule has 1 aromatic heterocycles. The van der Waals surface area contributed by atoms with Crippen molar-refractivity contribution in [2.75, 3.05) is 19.0 Å². The Morgan fingerprint density at radius 1 is 1.22 bits per heavy atom. The molecule has 3 aromatic rings. The lowest BCUT2D eigenvalue weighted by molar-refractivity contribution is 0.0951. The molecule has 0 unspecified atom stereocenters. The van der Waals surface area contributed by atoms with Gasteiger partial charge in [0.2, 0.25) is 0 Å². The van der Waals surface area contributed by atoms with Crippen LogP contribution in [0, 0.1) is 6.92 Å². The predicted octanol–water partition coefficient (Wildman–Crippen LogP) is 3.13. The van der Waals surface area contributed by atoms with Crippen LogP contribution in [0.1, 0.15) is 21.8 Å². The Labute approximate surface area is 134 Å². The van der Waals surface area contributed by atoms with Crippen molar-refractivity contribution in [2.24, 2.45) is 0 Å². The van der Waals surface area contributed by atoms with Crippen LogP contribution in [0.15, 0.2) is 46.9 Å². The second kappa shape index (κ2) is 6.12. The second-order valence-electron chi connectivity index (χ2n) is 5.66. The monoisotopic (exact) mass is 309 g/mol. The molecular formula is C18H19N3O2. The smallest absolute Gasteiger partial charge is 0.251 e. The van der Waals surface area contributed by atoms with Crippen molar-refractivity contribution in [1.29, 1.82) is 0 Å². The van der Waals surface area contributed by atoms with Crippen LogP contribution in [0.2, 0.25) is 0 Å². The highest BCUT2D eigenvalue weighted by Crippen LogP contribution is 2.17. The van der Waals surface area contributed by atoms with Gasteiger partial charge in [-0.3, -0.25) is 4.79 Å². The summed E-state index contributed by atoms with van der Waals surface area (Å²) in [6, 6.07) is 13.3. The van der Waals surface area contributed by atoms with Crippen molar-refractivity contribution in [1.82, 2.24) is 10.3 Å². The van der Waals surface area contributed by atoms with Crippen LogP contribution >= 0.6 is 0 Å². The highest BCUT2D eigenvalue weighted by Gasteiger charge is 2.08. The van der Waals surface area contributed by atoms with Gasteiger partial charge in [0, 0.05) is 38.8 Å².